The molecule has 2 bridgehead atoms. The van der Waals surface area contributed by atoms with Gasteiger partial charge in [-0.05, 0) is 171 Å². The number of rotatable bonds is 5. The third-order valence-corrected chi connectivity index (χ3v) is 17.4. The van der Waals surface area contributed by atoms with E-state index < -0.39 is 0 Å². The molecule has 2 heteroatoms. The second-order valence-electron chi connectivity index (χ2n) is 19.7. The van der Waals surface area contributed by atoms with Crippen molar-refractivity contribution in [2.75, 3.05) is 4.90 Å². The molecule has 6 aromatic carbocycles. The summed E-state index contributed by atoms with van der Waals surface area (Å²) in [5, 5.41) is 0. The normalized spacial score (nSPS) is 29.0. The second kappa shape index (κ2) is 11.5. The van der Waals surface area contributed by atoms with Gasteiger partial charge in [0.25, 0.3) is 0 Å². The van der Waals surface area contributed by atoms with Crippen molar-refractivity contribution in [2.24, 2.45) is 29.1 Å². The standard InChI is InChI=1S/C54H51NS/c1-51(2)26-27-52(3,4)45-30-38(18-24-43(45)51)37-16-21-41(22-17-37)55(40-19-14-36(15-20-40)35-10-6-5-7-11-35)42-23-25-48-46(32-42)54(44-12-8-9-13-47(44)56-48)49-29-34-28-39-31-50(54)53(39,49)33-34/h5-25,30,32,34,39,49-50H,26-29,31,33H2,1-4H3. The zero-order valence-electron chi connectivity index (χ0n) is 33.2. The van der Waals surface area contributed by atoms with Crippen molar-refractivity contribution in [1.82, 2.24) is 0 Å². The predicted octanol–water partition coefficient (Wildman–Crippen LogP) is 14.7. The molecule has 1 nitrogen and oxygen atoms in total. The first-order valence-corrected chi connectivity index (χ1v) is 22.1. The van der Waals surface area contributed by atoms with E-state index in [9.17, 15) is 0 Å². The molecule has 2 spiro atoms. The number of hydrogen-bond acceptors (Lipinski definition) is 2. The maximum absolute atomic E-state index is 2.64. The Morgan fingerprint density at radius 2 is 1.07 bits per heavy atom. The van der Waals surface area contributed by atoms with Crippen LogP contribution in [-0.2, 0) is 16.2 Å². The van der Waals surface area contributed by atoms with Crippen molar-refractivity contribution in [3.8, 4) is 22.3 Å². The fourth-order valence-corrected chi connectivity index (χ4v) is 14.9. The Kier molecular flexibility index (Phi) is 6.92. The fourth-order valence-electron chi connectivity index (χ4n) is 13.7. The van der Waals surface area contributed by atoms with Crippen LogP contribution in [0, 0.1) is 29.1 Å². The molecule has 5 aliphatic carbocycles. The molecule has 6 unspecified atom stereocenters. The molecule has 278 valence electrons. The summed E-state index contributed by atoms with van der Waals surface area (Å²) < 4.78 is 0. The van der Waals surface area contributed by atoms with Crippen LogP contribution >= 0.6 is 11.8 Å². The zero-order valence-corrected chi connectivity index (χ0v) is 34.0. The van der Waals surface area contributed by atoms with Crippen LogP contribution in [0.25, 0.3) is 22.3 Å². The van der Waals surface area contributed by atoms with Crippen molar-refractivity contribution in [3.05, 3.63) is 162 Å². The van der Waals surface area contributed by atoms with Gasteiger partial charge in [0.05, 0.1) is 0 Å². The molecule has 0 N–H and O–H groups in total. The first-order chi connectivity index (χ1) is 27.2. The lowest BCUT2D eigenvalue weighted by Gasteiger charge is -2.78. The van der Waals surface area contributed by atoms with Gasteiger partial charge in [-0.3, -0.25) is 0 Å². The Morgan fingerprint density at radius 3 is 1.80 bits per heavy atom. The Hall–Kier alpha value is -4.53. The number of fused-ring (bicyclic) bond motifs is 8. The van der Waals surface area contributed by atoms with Crippen LogP contribution in [0.2, 0.25) is 0 Å². The molecular weight excluding hydrogens is 695 g/mol. The Labute approximate surface area is 337 Å². The molecule has 0 aromatic heterocycles. The average molecular weight is 746 g/mol. The highest BCUT2D eigenvalue weighted by molar-refractivity contribution is 7.99. The van der Waals surface area contributed by atoms with Crippen molar-refractivity contribution < 1.29 is 0 Å². The van der Waals surface area contributed by atoms with Crippen molar-refractivity contribution >= 4 is 28.8 Å². The van der Waals surface area contributed by atoms with Gasteiger partial charge in [0, 0.05) is 32.3 Å². The lowest BCUT2D eigenvalue weighted by molar-refractivity contribution is -0.235. The van der Waals surface area contributed by atoms with Gasteiger partial charge in [-0.2, -0.15) is 0 Å². The summed E-state index contributed by atoms with van der Waals surface area (Å²) in [5.41, 5.74) is 16.2. The molecule has 6 atom stereocenters. The molecule has 1 aliphatic heterocycles. The Bertz CT molecular complexity index is 2550. The second-order valence-corrected chi connectivity index (χ2v) is 20.7. The number of anilines is 3. The largest absolute Gasteiger partial charge is 0.310 e. The lowest BCUT2D eigenvalue weighted by Crippen LogP contribution is -2.74. The fraction of sp³-hybridized carbons (Fsp3) is 0.333. The first-order valence-electron chi connectivity index (χ1n) is 21.3. The van der Waals surface area contributed by atoms with E-state index in [4.69, 9.17) is 0 Å². The quantitative estimate of drug-likeness (QED) is 0.173. The number of benzene rings is 6. The van der Waals surface area contributed by atoms with E-state index in [0.717, 1.165) is 23.7 Å². The Balaban J connectivity index is 0.981. The summed E-state index contributed by atoms with van der Waals surface area (Å²) in [4.78, 5) is 5.49. The van der Waals surface area contributed by atoms with Gasteiger partial charge in [-0.15, -0.1) is 0 Å². The van der Waals surface area contributed by atoms with E-state index in [0.29, 0.717) is 5.41 Å². The zero-order chi connectivity index (χ0) is 37.6. The van der Waals surface area contributed by atoms with E-state index in [2.05, 4.69) is 172 Å². The van der Waals surface area contributed by atoms with Crippen LogP contribution in [0.4, 0.5) is 17.1 Å². The molecule has 56 heavy (non-hydrogen) atoms. The molecule has 6 aromatic rings. The molecule has 0 amide bonds. The van der Waals surface area contributed by atoms with E-state index in [1.807, 2.05) is 11.8 Å². The number of hydrogen-bond donors (Lipinski definition) is 0. The van der Waals surface area contributed by atoms with E-state index in [1.54, 1.807) is 11.1 Å². The molecule has 1 heterocycles. The van der Waals surface area contributed by atoms with Crippen molar-refractivity contribution in [2.45, 2.75) is 92.3 Å². The third-order valence-electron chi connectivity index (χ3n) is 16.3. The minimum Gasteiger partial charge on any atom is -0.310 e. The molecular formula is C54H51NS. The Morgan fingerprint density at radius 1 is 0.482 bits per heavy atom. The smallest absolute Gasteiger partial charge is 0.0465 e. The molecule has 12 rings (SSSR count). The maximum atomic E-state index is 2.64. The van der Waals surface area contributed by atoms with Crippen LogP contribution < -0.4 is 4.90 Å². The summed E-state index contributed by atoms with van der Waals surface area (Å²) in [6, 6.07) is 53.7. The summed E-state index contributed by atoms with van der Waals surface area (Å²) in [6.07, 6.45) is 8.28. The highest BCUT2D eigenvalue weighted by Gasteiger charge is 2.84. The summed E-state index contributed by atoms with van der Waals surface area (Å²) >= 11 is 2.01. The van der Waals surface area contributed by atoms with Gasteiger partial charge < -0.3 is 4.90 Å². The molecule has 6 aliphatic rings. The van der Waals surface area contributed by atoms with Crippen molar-refractivity contribution in [3.63, 3.8) is 0 Å². The van der Waals surface area contributed by atoms with Gasteiger partial charge in [-0.1, -0.05) is 130 Å². The highest BCUT2D eigenvalue weighted by Crippen LogP contribution is 2.89. The molecule has 0 radical (unpaired) electrons. The summed E-state index contributed by atoms with van der Waals surface area (Å²) in [5.74, 6) is 3.46. The average Bonchev–Trinajstić information content (AvgIpc) is 3.76. The maximum Gasteiger partial charge on any atom is 0.0465 e. The molecule has 4 fully saturated rings. The van der Waals surface area contributed by atoms with Gasteiger partial charge in [0.1, 0.15) is 0 Å². The van der Waals surface area contributed by atoms with E-state index >= 15 is 0 Å². The first kappa shape index (κ1) is 33.6. The minimum absolute atomic E-state index is 0.139. The van der Waals surface area contributed by atoms with Gasteiger partial charge >= 0.3 is 0 Å². The predicted molar refractivity (Wildman–Crippen MR) is 233 cm³/mol. The van der Waals surface area contributed by atoms with Gasteiger partial charge in [0.2, 0.25) is 0 Å². The molecule has 4 saturated carbocycles. The summed E-state index contributed by atoms with van der Waals surface area (Å²) in [6.45, 7) is 9.69. The van der Waals surface area contributed by atoms with Gasteiger partial charge in [-0.25, -0.2) is 0 Å². The summed E-state index contributed by atoms with van der Waals surface area (Å²) in [7, 11) is 0. The van der Waals surface area contributed by atoms with Gasteiger partial charge in [0.15, 0.2) is 0 Å². The monoisotopic (exact) mass is 745 g/mol. The third kappa shape index (κ3) is 4.40. The van der Waals surface area contributed by atoms with Crippen LogP contribution in [-0.4, -0.2) is 0 Å². The van der Waals surface area contributed by atoms with E-state index in [1.165, 1.54) is 98.8 Å². The highest BCUT2D eigenvalue weighted by atomic mass is 32.2. The van der Waals surface area contributed by atoms with Crippen LogP contribution in [0.15, 0.2) is 149 Å². The minimum atomic E-state index is 0.139. The molecule has 0 saturated heterocycles. The SMILES string of the molecule is CC1(C)CCC(C)(C)c2cc(-c3ccc(N(c4ccc(-c5ccccc5)cc4)c4ccc5c(c4)C4(c6ccccc6S5)C5CC6CC7CC4C75C6)cc3)ccc21. The van der Waals surface area contributed by atoms with Crippen molar-refractivity contribution in [1.29, 1.82) is 0 Å². The van der Waals surface area contributed by atoms with Crippen LogP contribution in [0.3, 0.4) is 0 Å². The lowest BCUT2D eigenvalue weighted by atomic mass is 9.26. The van der Waals surface area contributed by atoms with Crippen LogP contribution in [0.1, 0.15) is 88.5 Å². The van der Waals surface area contributed by atoms with E-state index in [-0.39, 0.29) is 16.2 Å². The van der Waals surface area contributed by atoms with Crippen LogP contribution in [0.5, 0.6) is 0 Å². The number of nitrogens with zero attached hydrogens (tertiary/aromatic N) is 1. The topological polar surface area (TPSA) is 3.24 Å².